The number of carboxylic acid groups (broad SMARTS) is 1. The molecule has 0 bridgehead atoms. The van der Waals surface area contributed by atoms with Crippen LogP contribution in [0.5, 0.6) is 0 Å². The third-order valence-electron chi connectivity index (χ3n) is 2.71. The zero-order chi connectivity index (χ0) is 15.2. The zero-order valence-electron chi connectivity index (χ0n) is 11.0. The molecule has 0 aliphatic heterocycles. The maximum Gasteiger partial charge on any atom is 0.336 e. The van der Waals surface area contributed by atoms with Crippen molar-refractivity contribution >= 4 is 39.2 Å². The number of para-hydroxylation sites is 1. The summed E-state index contributed by atoms with van der Waals surface area (Å²) in [5.74, 6) is -1.31. The molecule has 0 aliphatic rings. The number of amides is 1. The minimum Gasteiger partial charge on any atom is -0.478 e. The number of benzene rings is 2. The Hall–Kier alpha value is -2.34. The number of hydrogen-bond donors (Lipinski definition) is 3. The first-order valence-electron chi connectivity index (χ1n) is 6.18. The normalized spacial score (nSPS) is 9.95. The summed E-state index contributed by atoms with van der Waals surface area (Å²) < 4.78 is 0.468. The summed E-state index contributed by atoms with van der Waals surface area (Å²) in [7, 11) is 0. The number of hydrogen-bond acceptors (Lipinski definition) is 3. The SMILES string of the molecule is O=C(CNc1ccccc1)Nc1ccc(Br)c(C(=O)O)c1. The van der Waals surface area contributed by atoms with E-state index in [9.17, 15) is 9.59 Å². The molecule has 5 nitrogen and oxygen atoms in total. The highest BCUT2D eigenvalue weighted by molar-refractivity contribution is 9.10. The van der Waals surface area contributed by atoms with Gasteiger partial charge in [-0.3, -0.25) is 4.79 Å². The molecule has 2 rings (SSSR count). The first-order chi connectivity index (χ1) is 10.1. The third kappa shape index (κ3) is 4.32. The van der Waals surface area contributed by atoms with Crippen molar-refractivity contribution in [2.45, 2.75) is 0 Å². The number of halogens is 1. The topological polar surface area (TPSA) is 78.4 Å². The van der Waals surface area contributed by atoms with Gasteiger partial charge in [0.2, 0.25) is 5.91 Å². The molecule has 2 aromatic rings. The number of carboxylic acids is 1. The van der Waals surface area contributed by atoms with Crippen molar-refractivity contribution in [2.24, 2.45) is 0 Å². The van der Waals surface area contributed by atoms with Crippen LogP contribution in [0.15, 0.2) is 53.0 Å². The summed E-state index contributed by atoms with van der Waals surface area (Å²) in [6.45, 7) is 0.0997. The summed E-state index contributed by atoms with van der Waals surface area (Å²) in [6, 6.07) is 14.0. The molecular formula is C15H13BrN2O3. The van der Waals surface area contributed by atoms with Gasteiger partial charge in [-0.25, -0.2) is 4.79 Å². The molecule has 6 heteroatoms. The molecular weight excluding hydrogens is 336 g/mol. The average Bonchev–Trinajstić information content (AvgIpc) is 2.48. The van der Waals surface area contributed by atoms with Gasteiger partial charge in [0.1, 0.15) is 0 Å². The van der Waals surface area contributed by atoms with Crippen molar-refractivity contribution in [3.05, 3.63) is 58.6 Å². The second kappa shape index (κ2) is 6.90. The van der Waals surface area contributed by atoms with Crippen LogP contribution in [0, 0.1) is 0 Å². The van der Waals surface area contributed by atoms with Crippen LogP contribution in [-0.2, 0) is 4.79 Å². The first-order valence-corrected chi connectivity index (χ1v) is 6.97. The maximum absolute atomic E-state index is 11.8. The minimum absolute atomic E-state index is 0.0997. The highest BCUT2D eigenvalue weighted by Gasteiger charge is 2.10. The van der Waals surface area contributed by atoms with Gasteiger partial charge in [-0.1, -0.05) is 18.2 Å². The second-order valence-corrected chi connectivity index (χ2v) is 5.12. The Bertz CT molecular complexity index is 659. The molecule has 21 heavy (non-hydrogen) atoms. The van der Waals surface area contributed by atoms with Crippen LogP contribution in [0.3, 0.4) is 0 Å². The summed E-state index contributed by atoms with van der Waals surface area (Å²) in [5.41, 5.74) is 1.38. The van der Waals surface area contributed by atoms with Crippen molar-refractivity contribution in [3.8, 4) is 0 Å². The number of nitrogens with one attached hydrogen (secondary N) is 2. The fraction of sp³-hybridized carbons (Fsp3) is 0.0667. The Kier molecular flexibility index (Phi) is 4.94. The van der Waals surface area contributed by atoms with Gasteiger partial charge in [0.05, 0.1) is 12.1 Å². The lowest BCUT2D eigenvalue weighted by Gasteiger charge is -2.09. The molecule has 0 unspecified atom stereocenters. The van der Waals surface area contributed by atoms with Crippen molar-refractivity contribution < 1.29 is 14.7 Å². The number of carbonyl (C=O) groups is 2. The molecule has 3 N–H and O–H groups in total. The predicted molar refractivity (Wildman–Crippen MR) is 84.7 cm³/mol. The van der Waals surface area contributed by atoms with Crippen LogP contribution in [0.2, 0.25) is 0 Å². The lowest BCUT2D eigenvalue weighted by molar-refractivity contribution is -0.114. The molecule has 0 aliphatic carbocycles. The lowest BCUT2D eigenvalue weighted by atomic mass is 10.2. The van der Waals surface area contributed by atoms with Gasteiger partial charge in [-0.05, 0) is 46.3 Å². The Labute approximate surface area is 130 Å². The molecule has 1 amide bonds. The largest absolute Gasteiger partial charge is 0.478 e. The molecule has 2 aromatic carbocycles. The van der Waals surface area contributed by atoms with E-state index in [0.29, 0.717) is 10.2 Å². The van der Waals surface area contributed by atoms with E-state index in [1.54, 1.807) is 12.1 Å². The lowest BCUT2D eigenvalue weighted by Crippen LogP contribution is -2.21. The zero-order valence-corrected chi connectivity index (χ0v) is 12.6. The average molecular weight is 349 g/mol. The quantitative estimate of drug-likeness (QED) is 0.775. The van der Waals surface area contributed by atoms with E-state index in [0.717, 1.165) is 5.69 Å². The monoisotopic (exact) mass is 348 g/mol. The Balaban J connectivity index is 1.97. The standard InChI is InChI=1S/C15H13BrN2O3/c16-13-7-6-11(8-12(13)15(20)21)18-14(19)9-17-10-4-2-1-3-5-10/h1-8,17H,9H2,(H,18,19)(H,20,21). The molecule has 0 atom stereocenters. The van der Waals surface area contributed by atoms with E-state index >= 15 is 0 Å². The summed E-state index contributed by atoms with van der Waals surface area (Å²) in [4.78, 5) is 22.8. The van der Waals surface area contributed by atoms with Gasteiger partial charge in [-0.15, -0.1) is 0 Å². The van der Waals surface area contributed by atoms with Gasteiger partial charge >= 0.3 is 5.97 Å². The Morgan fingerprint density at radius 3 is 2.43 bits per heavy atom. The van der Waals surface area contributed by atoms with Crippen molar-refractivity contribution in [1.82, 2.24) is 0 Å². The highest BCUT2D eigenvalue weighted by atomic mass is 79.9. The van der Waals surface area contributed by atoms with E-state index < -0.39 is 5.97 Å². The van der Waals surface area contributed by atoms with Crippen molar-refractivity contribution in [2.75, 3.05) is 17.2 Å². The van der Waals surface area contributed by atoms with E-state index in [2.05, 4.69) is 26.6 Å². The predicted octanol–water partition coefficient (Wildman–Crippen LogP) is 3.20. The van der Waals surface area contributed by atoms with Crippen LogP contribution in [0.25, 0.3) is 0 Å². The van der Waals surface area contributed by atoms with Crippen LogP contribution in [0.4, 0.5) is 11.4 Å². The maximum atomic E-state index is 11.8. The van der Waals surface area contributed by atoms with Crippen LogP contribution in [-0.4, -0.2) is 23.5 Å². The fourth-order valence-corrected chi connectivity index (χ4v) is 2.13. The Morgan fingerprint density at radius 2 is 1.76 bits per heavy atom. The van der Waals surface area contributed by atoms with Gasteiger partial charge < -0.3 is 15.7 Å². The summed E-state index contributed by atoms with van der Waals surface area (Å²) in [6.07, 6.45) is 0. The van der Waals surface area contributed by atoms with E-state index in [4.69, 9.17) is 5.11 Å². The third-order valence-corrected chi connectivity index (χ3v) is 3.40. The van der Waals surface area contributed by atoms with Crippen LogP contribution < -0.4 is 10.6 Å². The van der Waals surface area contributed by atoms with E-state index in [1.165, 1.54) is 6.07 Å². The number of anilines is 2. The number of aromatic carboxylic acids is 1. The summed E-state index contributed by atoms with van der Waals surface area (Å²) in [5, 5.41) is 14.6. The van der Waals surface area contributed by atoms with E-state index in [1.807, 2.05) is 30.3 Å². The summed E-state index contributed by atoms with van der Waals surface area (Å²) >= 11 is 3.15. The minimum atomic E-state index is -1.06. The molecule has 0 fully saturated rings. The molecule has 0 spiro atoms. The highest BCUT2D eigenvalue weighted by Crippen LogP contribution is 2.21. The van der Waals surface area contributed by atoms with Gasteiger partial charge in [-0.2, -0.15) is 0 Å². The molecule has 0 saturated heterocycles. The Morgan fingerprint density at radius 1 is 1.05 bits per heavy atom. The molecule has 0 aromatic heterocycles. The molecule has 0 saturated carbocycles. The number of carbonyl (C=O) groups excluding carboxylic acids is 1. The van der Waals surface area contributed by atoms with Gasteiger partial charge in [0.25, 0.3) is 0 Å². The van der Waals surface area contributed by atoms with Crippen molar-refractivity contribution in [1.29, 1.82) is 0 Å². The molecule has 0 heterocycles. The first kappa shape index (κ1) is 15.1. The van der Waals surface area contributed by atoms with Crippen molar-refractivity contribution in [3.63, 3.8) is 0 Å². The van der Waals surface area contributed by atoms with Gasteiger partial charge in [0, 0.05) is 15.8 Å². The van der Waals surface area contributed by atoms with Gasteiger partial charge in [0.15, 0.2) is 0 Å². The smallest absolute Gasteiger partial charge is 0.336 e. The van der Waals surface area contributed by atoms with E-state index in [-0.39, 0.29) is 18.0 Å². The fourth-order valence-electron chi connectivity index (χ4n) is 1.71. The second-order valence-electron chi connectivity index (χ2n) is 4.27. The van der Waals surface area contributed by atoms with Crippen LogP contribution in [0.1, 0.15) is 10.4 Å². The molecule has 108 valence electrons. The number of rotatable bonds is 5. The molecule has 0 radical (unpaired) electrons. The van der Waals surface area contributed by atoms with Crippen LogP contribution >= 0.6 is 15.9 Å².